The second kappa shape index (κ2) is 6.20. The summed E-state index contributed by atoms with van der Waals surface area (Å²) in [5, 5.41) is 0. The van der Waals surface area contributed by atoms with E-state index in [9.17, 15) is 4.79 Å². The molecule has 6 heteroatoms. The Balaban J connectivity index is 1.75. The summed E-state index contributed by atoms with van der Waals surface area (Å²) in [4.78, 5) is 17.5. The Kier molecular flexibility index (Phi) is 4.35. The number of pyridine rings is 1. The molecule has 1 aromatic heterocycles. The Morgan fingerprint density at radius 1 is 1.50 bits per heavy atom. The molecule has 0 radical (unpaired) electrons. The monoisotopic (exact) mass is 251 g/mol. The van der Waals surface area contributed by atoms with Gasteiger partial charge in [-0.3, -0.25) is 4.79 Å². The van der Waals surface area contributed by atoms with Crippen molar-refractivity contribution in [2.75, 3.05) is 38.6 Å². The number of aromatic nitrogens is 1. The number of hydrogen-bond donors (Lipinski definition) is 1. The predicted molar refractivity (Wildman–Crippen MR) is 66.2 cm³/mol. The van der Waals surface area contributed by atoms with E-state index in [-0.39, 0.29) is 5.91 Å². The van der Waals surface area contributed by atoms with Crippen molar-refractivity contribution < 1.29 is 14.3 Å². The second-order valence-corrected chi connectivity index (χ2v) is 3.98. The summed E-state index contributed by atoms with van der Waals surface area (Å²) >= 11 is 0. The van der Waals surface area contributed by atoms with Crippen molar-refractivity contribution >= 4 is 11.7 Å². The van der Waals surface area contributed by atoms with Gasteiger partial charge in [-0.25, -0.2) is 4.98 Å². The van der Waals surface area contributed by atoms with Crippen molar-refractivity contribution in [2.45, 2.75) is 6.42 Å². The molecule has 2 N–H and O–H groups in total. The summed E-state index contributed by atoms with van der Waals surface area (Å²) in [6.07, 6.45) is 1.94. The van der Waals surface area contributed by atoms with Gasteiger partial charge in [0.15, 0.2) is 11.6 Å². The predicted octanol–water partition coefficient (Wildman–Crippen LogP) is 0.291. The third kappa shape index (κ3) is 3.33. The lowest BCUT2D eigenvalue weighted by atomic mass is 10.3. The van der Waals surface area contributed by atoms with Gasteiger partial charge in [0.2, 0.25) is 5.91 Å². The lowest BCUT2D eigenvalue weighted by molar-refractivity contribution is -0.135. The van der Waals surface area contributed by atoms with Crippen molar-refractivity contribution in [3.05, 3.63) is 18.3 Å². The number of rotatable bonds is 4. The fourth-order valence-electron chi connectivity index (χ4n) is 1.74. The van der Waals surface area contributed by atoms with Crippen LogP contribution in [0.15, 0.2) is 18.3 Å². The molecule has 2 heterocycles. The van der Waals surface area contributed by atoms with Gasteiger partial charge in [-0.05, 0) is 12.1 Å². The standard InChI is InChI=1S/C12H17N3O3/c13-12-10(2-1-4-14-12)18-7-3-11(16)15-5-8-17-9-6-15/h1-2,4H,3,5-9H2,(H2,13,14). The van der Waals surface area contributed by atoms with Crippen LogP contribution in [0.3, 0.4) is 0 Å². The van der Waals surface area contributed by atoms with E-state index >= 15 is 0 Å². The third-order valence-electron chi connectivity index (χ3n) is 2.74. The van der Waals surface area contributed by atoms with E-state index in [1.54, 1.807) is 23.2 Å². The van der Waals surface area contributed by atoms with Crippen molar-refractivity contribution in [3.63, 3.8) is 0 Å². The van der Waals surface area contributed by atoms with Crippen molar-refractivity contribution in [1.82, 2.24) is 9.88 Å². The molecule has 1 aliphatic heterocycles. The van der Waals surface area contributed by atoms with Crippen LogP contribution >= 0.6 is 0 Å². The topological polar surface area (TPSA) is 77.7 Å². The van der Waals surface area contributed by atoms with Crippen LogP contribution in [0.5, 0.6) is 5.75 Å². The van der Waals surface area contributed by atoms with Gasteiger partial charge in [-0.1, -0.05) is 0 Å². The summed E-state index contributed by atoms with van der Waals surface area (Å²) < 4.78 is 10.6. The summed E-state index contributed by atoms with van der Waals surface area (Å²) in [7, 11) is 0. The van der Waals surface area contributed by atoms with Crippen molar-refractivity contribution in [2.24, 2.45) is 0 Å². The molecule has 6 nitrogen and oxygen atoms in total. The molecule has 0 aromatic carbocycles. The van der Waals surface area contributed by atoms with Gasteiger partial charge < -0.3 is 20.1 Å². The second-order valence-electron chi connectivity index (χ2n) is 3.98. The molecule has 18 heavy (non-hydrogen) atoms. The maximum absolute atomic E-state index is 11.8. The van der Waals surface area contributed by atoms with Gasteiger partial charge in [0, 0.05) is 19.3 Å². The van der Waals surface area contributed by atoms with Crippen LogP contribution in [0.25, 0.3) is 0 Å². The Morgan fingerprint density at radius 3 is 3.00 bits per heavy atom. The van der Waals surface area contributed by atoms with E-state index in [0.29, 0.717) is 50.9 Å². The summed E-state index contributed by atoms with van der Waals surface area (Å²) in [5.74, 6) is 0.948. The number of hydrogen-bond acceptors (Lipinski definition) is 5. The number of nitrogens with two attached hydrogens (primary N) is 1. The number of anilines is 1. The molecular formula is C12H17N3O3. The first-order chi connectivity index (χ1) is 8.77. The van der Waals surface area contributed by atoms with Crippen molar-refractivity contribution in [3.8, 4) is 5.75 Å². The van der Waals surface area contributed by atoms with Crippen LogP contribution in [0.2, 0.25) is 0 Å². The molecule has 98 valence electrons. The van der Waals surface area contributed by atoms with E-state index in [4.69, 9.17) is 15.2 Å². The molecule has 1 saturated heterocycles. The minimum Gasteiger partial charge on any atom is -0.489 e. The van der Waals surface area contributed by atoms with Crippen LogP contribution in [0.4, 0.5) is 5.82 Å². The molecule has 0 atom stereocenters. The molecule has 1 aromatic rings. The zero-order valence-corrected chi connectivity index (χ0v) is 10.2. The number of morpholine rings is 1. The Morgan fingerprint density at radius 2 is 2.28 bits per heavy atom. The zero-order chi connectivity index (χ0) is 12.8. The zero-order valence-electron chi connectivity index (χ0n) is 10.2. The average molecular weight is 251 g/mol. The van der Waals surface area contributed by atoms with Crippen LogP contribution in [0, 0.1) is 0 Å². The van der Waals surface area contributed by atoms with Crippen LogP contribution < -0.4 is 10.5 Å². The van der Waals surface area contributed by atoms with Gasteiger partial charge in [-0.15, -0.1) is 0 Å². The van der Waals surface area contributed by atoms with Gasteiger partial charge in [0.1, 0.15) is 0 Å². The highest BCUT2D eigenvalue weighted by Crippen LogP contribution is 2.16. The molecule has 1 fully saturated rings. The normalized spacial score (nSPS) is 15.4. The van der Waals surface area contributed by atoms with Crippen molar-refractivity contribution in [1.29, 1.82) is 0 Å². The summed E-state index contributed by atoms with van der Waals surface area (Å²) in [6, 6.07) is 3.48. The number of ether oxygens (including phenoxy) is 2. The van der Waals surface area contributed by atoms with Gasteiger partial charge in [0.25, 0.3) is 0 Å². The number of carbonyl (C=O) groups excluding carboxylic acids is 1. The number of carbonyl (C=O) groups is 1. The first-order valence-electron chi connectivity index (χ1n) is 5.96. The minimum atomic E-state index is 0.0840. The highest BCUT2D eigenvalue weighted by molar-refractivity contribution is 5.76. The fourth-order valence-corrected chi connectivity index (χ4v) is 1.74. The average Bonchev–Trinajstić information content (AvgIpc) is 2.42. The lowest BCUT2D eigenvalue weighted by Crippen LogP contribution is -2.41. The van der Waals surface area contributed by atoms with Gasteiger partial charge in [0.05, 0.1) is 26.2 Å². The first kappa shape index (κ1) is 12.6. The van der Waals surface area contributed by atoms with E-state index in [2.05, 4.69) is 4.98 Å². The Labute approximate surface area is 106 Å². The summed E-state index contributed by atoms with van der Waals surface area (Å²) in [6.45, 7) is 2.86. The highest BCUT2D eigenvalue weighted by Gasteiger charge is 2.16. The quantitative estimate of drug-likeness (QED) is 0.832. The van der Waals surface area contributed by atoms with Gasteiger partial charge >= 0.3 is 0 Å². The van der Waals surface area contributed by atoms with Crippen LogP contribution in [0.1, 0.15) is 6.42 Å². The number of nitrogens with zero attached hydrogens (tertiary/aromatic N) is 2. The van der Waals surface area contributed by atoms with E-state index < -0.39 is 0 Å². The Hall–Kier alpha value is -1.82. The first-order valence-corrected chi connectivity index (χ1v) is 5.96. The Bertz CT molecular complexity index is 405. The molecule has 1 amide bonds. The largest absolute Gasteiger partial charge is 0.489 e. The molecule has 1 aliphatic rings. The molecule has 0 saturated carbocycles. The molecule has 0 bridgehead atoms. The maximum Gasteiger partial charge on any atom is 0.226 e. The molecule has 0 spiro atoms. The van der Waals surface area contributed by atoms with Gasteiger partial charge in [-0.2, -0.15) is 0 Å². The van der Waals surface area contributed by atoms with Crippen LogP contribution in [-0.4, -0.2) is 48.7 Å². The fraction of sp³-hybridized carbons (Fsp3) is 0.500. The number of amides is 1. The smallest absolute Gasteiger partial charge is 0.226 e. The van der Waals surface area contributed by atoms with E-state index in [1.807, 2.05) is 0 Å². The molecule has 2 rings (SSSR count). The highest BCUT2D eigenvalue weighted by atomic mass is 16.5. The summed E-state index contributed by atoms with van der Waals surface area (Å²) in [5.41, 5.74) is 5.63. The molecular weight excluding hydrogens is 234 g/mol. The SMILES string of the molecule is Nc1ncccc1OCCC(=O)N1CCOCC1. The lowest BCUT2D eigenvalue weighted by Gasteiger charge is -2.26. The number of nitrogen functional groups attached to an aromatic ring is 1. The molecule has 0 aliphatic carbocycles. The van der Waals surface area contributed by atoms with Crippen LogP contribution in [-0.2, 0) is 9.53 Å². The van der Waals surface area contributed by atoms with E-state index in [0.717, 1.165) is 0 Å². The maximum atomic E-state index is 11.8. The van der Waals surface area contributed by atoms with E-state index in [1.165, 1.54) is 0 Å². The molecule has 0 unspecified atom stereocenters. The minimum absolute atomic E-state index is 0.0840. The third-order valence-corrected chi connectivity index (χ3v) is 2.74.